The second kappa shape index (κ2) is 5.53. The molecule has 0 unspecified atom stereocenters. The first-order valence-corrected chi connectivity index (χ1v) is 6.48. The van der Waals surface area contributed by atoms with Crippen molar-refractivity contribution in [3.8, 4) is 0 Å². The highest BCUT2D eigenvalue weighted by molar-refractivity contribution is 5.68. The lowest BCUT2D eigenvalue weighted by Gasteiger charge is -2.32. The van der Waals surface area contributed by atoms with Gasteiger partial charge in [-0.1, -0.05) is 6.42 Å². The van der Waals surface area contributed by atoms with Crippen molar-refractivity contribution in [3.63, 3.8) is 0 Å². The molecule has 0 spiro atoms. The number of amides is 1. The van der Waals surface area contributed by atoms with Crippen LogP contribution in [0.25, 0.3) is 0 Å². The molecule has 92 valence electrons. The molecule has 1 aliphatic carbocycles. The van der Waals surface area contributed by atoms with Crippen molar-refractivity contribution in [1.82, 2.24) is 4.90 Å². The molecular formula is C12H22N2O2. The van der Waals surface area contributed by atoms with E-state index in [2.05, 4.69) is 0 Å². The fraction of sp³-hybridized carbons (Fsp3) is 0.917. The minimum atomic E-state index is -0.151. The number of hydrogen-bond acceptors (Lipinski definition) is 3. The molecule has 2 aliphatic rings. The highest BCUT2D eigenvalue weighted by Gasteiger charge is 2.27. The Balaban J connectivity index is 1.80. The molecule has 1 aliphatic heterocycles. The Morgan fingerprint density at radius 1 is 1.06 bits per heavy atom. The van der Waals surface area contributed by atoms with E-state index < -0.39 is 0 Å². The van der Waals surface area contributed by atoms with Crippen LogP contribution in [0, 0.1) is 0 Å². The van der Waals surface area contributed by atoms with Crippen LogP contribution < -0.4 is 5.73 Å². The Morgan fingerprint density at radius 2 is 1.75 bits per heavy atom. The predicted molar refractivity (Wildman–Crippen MR) is 62.1 cm³/mol. The van der Waals surface area contributed by atoms with Crippen LogP contribution in [0.15, 0.2) is 0 Å². The van der Waals surface area contributed by atoms with Gasteiger partial charge in [0.25, 0.3) is 0 Å². The highest BCUT2D eigenvalue weighted by atomic mass is 16.6. The number of likely N-dealkylation sites (tertiary alicyclic amines) is 1. The summed E-state index contributed by atoms with van der Waals surface area (Å²) in [4.78, 5) is 13.7. The van der Waals surface area contributed by atoms with Crippen LogP contribution in [0.2, 0.25) is 0 Å². The fourth-order valence-electron chi connectivity index (χ4n) is 2.55. The Morgan fingerprint density at radius 3 is 2.44 bits per heavy atom. The van der Waals surface area contributed by atoms with E-state index in [0.717, 1.165) is 45.2 Å². The van der Waals surface area contributed by atoms with Gasteiger partial charge in [-0.15, -0.1) is 0 Å². The summed E-state index contributed by atoms with van der Waals surface area (Å²) < 4.78 is 5.51. The Bertz CT molecular complexity index is 239. The van der Waals surface area contributed by atoms with Crippen LogP contribution in [0.3, 0.4) is 0 Å². The molecular weight excluding hydrogens is 204 g/mol. The lowest BCUT2D eigenvalue weighted by Crippen LogP contribution is -2.44. The number of piperidine rings is 1. The maximum atomic E-state index is 11.9. The van der Waals surface area contributed by atoms with Crippen molar-refractivity contribution in [2.45, 2.75) is 57.1 Å². The molecule has 1 saturated heterocycles. The van der Waals surface area contributed by atoms with Crippen molar-refractivity contribution in [2.24, 2.45) is 5.73 Å². The van der Waals surface area contributed by atoms with Crippen molar-refractivity contribution >= 4 is 6.09 Å². The Labute approximate surface area is 97.1 Å². The number of hydrogen-bond donors (Lipinski definition) is 1. The van der Waals surface area contributed by atoms with Crippen LogP contribution in [-0.2, 0) is 4.74 Å². The number of ether oxygens (including phenoxy) is 1. The minimum absolute atomic E-state index is 0.0440. The minimum Gasteiger partial charge on any atom is -0.444 e. The molecule has 0 aromatic heterocycles. The number of nitrogens with zero attached hydrogens (tertiary/aromatic N) is 1. The zero-order valence-electron chi connectivity index (χ0n) is 9.86. The average molecular weight is 226 g/mol. The van der Waals surface area contributed by atoms with Crippen molar-refractivity contribution in [2.75, 3.05) is 13.1 Å². The molecule has 0 aromatic rings. The SMILES string of the molecule is N[C@@H]1CCCC[C@H]1OC(=O)N1CCCCC1. The normalized spacial score (nSPS) is 31.2. The van der Waals surface area contributed by atoms with Gasteiger partial charge in [0.15, 0.2) is 0 Å². The molecule has 2 fully saturated rings. The zero-order chi connectivity index (χ0) is 11.4. The van der Waals surface area contributed by atoms with Crippen LogP contribution in [0.5, 0.6) is 0 Å². The van der Waals surface area contributed by atoms with Gasteiger partial charge in [0.05, 0.1) is 0 Å². The van der Waals surface area contributed by atoms with Gasteiger partial charge in [-0.05, 0) is 38.5 Å². The molecule has 1 heterocycles. The number of rotatable bonds is 1. The van der Waals surface area contributed by atoms with Crippen LogP contribution >= 0.6 is 0 Å². The first-order valence-electron chi connectivity index (χ1n) is 6.48. The van der Waals surface area contributed by atoms with E-state index in [0.29, 0.717) is 0 Å². The monoisotopic (exact) mass is 226 g/mol. The predicted octanol–water partition coefficient (Wildman–Crippen LogP) is 1.88. The number of carbonyl (C=O) groups is 1. The summed E-state index contributed by atoms with van der Waals surface area (Å²) in [6.07, 6.45) is 7.44. The van der Waals surface area contributed by atoms with E-state index >= 15 is 0 Å². The summed E-state index contributed by atoms with van der Waals surface area (Å²) in [6, 6.07) is 0.0440. The molecule has 16 heavy (non-hydrogen) atoms. The van der Waals surface area contributed by atoms with Gasteiger partial charge >= 0.3 is 6.09 Å². The van der Waals surface area contributed by atoms with Gasteiger partial charge in [0, 0.05) is 19.1 Å². The average Bonchev–Trinajstić information content (AvgIpc) is 2.33. The smallest absolute Gasteiger partial charge is 0.410 e. The van der Waals surface area contributed by atoms with Gasteiger partial charge in [-0.2, -0.15) is 0 Å². The third kappa shape index (κ3) is 2.88. The van der Waals surface area contributed by atoms with E-state index in [9.17, 15) is 4.79 Å². The first-order chi connectivity index (χ1) is 7.77. The molecule has 0 radical (unpaired) electrons. The fourth-order valence-corrected chi connectivity index (χ4v) is 2.55. The Kier molecular flexibility index (Phi) is 4.04. The van der Waals surface area contributed by atoms with Crippen molar-refractivity contribution < 1.29 is 9.53 Å². The van der Waals surface area contributed by atoms with Crippen LogP contribution in [0.1, 0.15) is 44.9 Å². The molecule has 2 atom stereocenters. The molecule has 4 heteroatoms. The molecule has 1 saturated carbocycles. The first kappa shape index (κ1) is 11.7. The van der Waals surface area contributed by atoms with Crippen LogP contribution in [0.4, 0.5) is 4.79 Å². The molecule has 0 aromatic carbocycles. The van der Waals surface area contributed by atoms with Gasteiger partial charge in [-0.25, -0.2) is 4.79 Å². The summed E-state index contributed by atoms with van der Waals surface area (Å²) >= 11 is 0. The molecule has 2 N–H and O–H groups in total. The second-order valence-electron chi connectivity index (χ2n) is 4.92. The number of carbonyl (C=O) groups excluding carboxylic acids is 1. The quantitative estimate of drug-likeness (QED) is 0.742. The third-order valence-electron chi connectivity index (χ3n) is 3.62. The number of nitrogens with two attached hydrogens (primary N) is 1. The molecule has 0 bridgehead atoms. The topological polar surface area (TPSA) is 55.6 Å². The molecule has 2 rings (SSSR count). The maximum absolute atomic E-state index is 11.9. The van der Waals surface area contributed by atoms with Gasteiger partial charge in [0.1, 0.15) is 6.10 Å². The van der Waals surface area contributed by atoms with E-state index in [-0.39, 0.29) is 18.2 Å². The van der Waals surface area contributed by atoms with E-state index in [1.54, 1.807) is 0 Å². The van der Waals surface area contributed by atoms with Crippen molar-refractivity contribution in [1.29, 1.82) is 0 Å². The van der Waals surface area contributed by atoms with E-state index in [4.69, 9.17) is 10.5 Å². The van der Waals surface area contributed by atoms with Gasteiger partial charge in [-0.3, -0.25) is 0 Å². The summed E-state index contributed by atoms with van der Waals surface area (Å²) in [5, 5.41) is 0. The van der Waals surface area contributed by atoms with E-state index in [1.165, 1.54) is 12.8 Å². The largest absolute Gasteiger partial charge is 0.444 e. The molecule has 4 nitrogen and oxygen atoms in total. The summed E-state index contributed by atoms with van der Waals surface area (Å²) in [6.45, 7) is 1.70. The standard InChI is InChI=1S/C12H22N2O2/c13-10-6-2-3-7-11(10)16-12(15)14-8-4-1-5-9-14/h10-11H,1-9,13H2/t10-,11-/m1/s1. The maximum Gasteiger partial charge on any atom is 0.410 e. The van der Waals surface area contributed by atoms with Crippen LogP contribution in [-0.4, -0.2) is 36.2 Å². The van der Waals surface area contributed by atoms with Gasteiger partial charge < -0.3 is 15.4 Å². The zero-order valence-corrected chi connectivity index (χ0v) is 9.86. The summed E-state index contributed by atoms with van der Waals surface area (Å²) in [5.74, 6) is 0. The second-order valence-corrected chi connectivity index (χ2v) is 4.92. The Hall–Kier alpha value is -0.770. The molecule has 1 amide bonds. The van der Waals surface area contributed by atoms with E-state index in [1.807, 2.05) is 4.90 Å². The lowest BCUT2D eigenvalue weighted by atomic mass is 9.93. The third-order valence-corrected chi connectivity index (χ3v) is 3.62. The highest BCUT2D eigenvalue weighted by Crippen LogP contribution is 2.21. The van der Waals surface area contributed by atoms with Gasteiger partial charge in [0.2, 0.25) is 0 Å². The summed E-state index contributed by atoms with van der Waals surface area (Å²) in [7, 11) is 0. The van der Waals surface area contributed by atoms with Crippen molar-refractivity contribution in [3.05, 3.63) is 0 Å². The lowest BCUT2D eigenvalue weighted by molar-refractivity contribution is 0.0323. The summed E-state index contributed by atoms with van der Waals surface area (Å²) in [5.41, 5.74) is 5.96.